The van der Waals surface area contributed by atoms with Crippen LogP contribution in [0.5, 0.6) is 0 Å². The summed E-state index contributed by atoms with van der Waals surface area (Å²) in [5, 5.41) is 10.8. The maximum atomic E-state index is 12.5. The first kappa shape index (κ1) is 24.2. The minimum Gasteiger partial charge on any atom is -1.00 e. The molecule has 0 atom stereocenters. The summed E-state index contributed by atoms with van der Waals surface area (Å²) in [7, 11) is -3.75. The zero-order valence-electron chi connectivity index (χ0n) is 17.2. The van der Waals surface area contributed by atoms with E-state index in [4.69, 9.17) is 16.1 Å². The summed E-state index contributed by atoms with van der Waals surface area (Å²) in [4.78, 5) is 0.134. The molecule has 0 unspecified atom stereocenters. The molecule has 2 aromatic carbocycles. The van der Waals surface area contributed by atoms with Crippen LogP contribution in [-0.4, -0.2) is 13.6 Å². The van der Waals surface area contributed by atoms with Gasteiger partial charge < -0.3 is 21.5 Å². The number of halogens is 2. The number of aryl methyl sites for hydroxylation is 1. The fourth-order valence-electron chi connectivity index (χ4n) is 3.06. The van der Waals surface area contributed by atoms with E-state index in [1.807, 2.05) is 24.3 Å². The number of hydrogen-bond donors (Lipinski definition) is 2. The summed E-state index contributed by atoms with van der Waals surface area (Å²) >= 11 is 7.58. The summed E-state index contributed by atoms with van der Waals surface area (Å²) in [6.45, 7) is 4.54. The van der Waals surface area contributed by atoms with Gasteiger partial charge in [0, 0.05) is 22.0 Å². The molecule has 0 spiro atoms. The molecule has 0 radical (unpaired) electrons. The summed E-state index contributed by atoms with van der Waals surface area (Å²) in [6.07, 6.45) is 0. The van der Waals surface area contributed by atoms with Crippen molar-refractivity contribution in [1.82, 2.24) is 5.16 Å². The van der Waals surface area contributed by atoms with E-state index in [1.54, 1.807) is 42.5 Å². The lowest BCUT2D eigenvalue weighted by atomic mass is 10.2. The Morgan fingerprint density at radius 2 is 1.81 bits per heavy atom. The summed E-state index contributed by atoms with van der Waals surface area (Å²) in [5.41, 5.74) is 2.94. The number of thiazole rings is 1. The van der Waals surface area contributed by atoms with Crippen LogP contribution in [0, 0.1) is 6.92 Å². The largest absolute Gasteiger partial charge is 1.00 e. The molecule has 0 bridgehead atoms. The van der Waals surface area contributed by atoms with Crippen LogP contribution >= 0.6 is 22.9 Å². The van der Waals surface area contributed by atoms with Crippen molar-refractivity contribution in [3.8, 4) is 11.3 Å². The van der Waals surface area contributed by atoms with Gasteiger partial charge in [0.15, 0.2) is 5.82 Å². The highest BCUT2D eigenvalue weighted by molar-refractivity contribution is 7.92. The fraction of sp³-hybridized carbons (Fsp3) is 0.143. The highest BCUT2D eigenvalue weighted by Gasteiger charge is 2.20. The second-order valence-electron chi connectivity index (χ2n) is 6.75. The minimum absolute atomic E-state index is 0. The molecule has 0 amide bonds. The predicted octanol–water partition coefficient (Wildman–Crippen LogP) is 2.22. The van der Waals surface area contributed by atoms with E-state index < -0.39 is 10.0 Å². The maximum Gasteiger partial charge on any atom is 0.339 e. The van der Waals surface area contributed by atoms with Crippen molar-refractivity contribution in [3.05, 3.63) is 70.8 Å². The molecule has 0 aliphatic heterocycles. The van der Waals surface area contributed by atoms with Gasteiger partial charge in [-0.25, -0.2) is 18.3 Å². The fourth-order valence-corrected chi connectivity index (χ4v) is 5.18. The van der Waals surface area contributed by atoms with Crippen molar-refractivity contribution in [2.75, 3.05) is 10.0 Å². The Kier molecular flexibility index (Phi) is 7.60. The minimum atomic E-state index is -3.75. The van der Waals surface area contributed by atoms with Crippen molar-refractivity contribution < 1.29 is 34.5 Å². The Labute approximate surface area is 205 Å². The SMILES string of the molecule is CC[n+]1c(-c2ccc(Cl)cc2)csc1Nc1ccc(S(=O)(=O)Nc2cc(C)on2)cc1.[Br-]. The average Bonchev–Trinajstić information content (AvgIpc) is 3.34. The van der Waals surface area contributed by atoms with Crippen molar-refractivity contribution in [1.29, 1.82) is 0 Å². The number of anilines is 3. The lowest BCUT2D eigenvalue weighted by Crippen LogP contribution is -3.00. The molecule has 4 aromatic rings. The van der Waals surface area contributed by atoms with E-state index in [0.29, 0.717) is 10.8 Å². The van der Waals surface area contributed by atoms with Crippen LogP contribution in [0.2, 0.25) is 5.02 Å². The molecule has 4 rings (SSSR count). The van der Waals surface area contributed by atoms with Gasteiger partial charge in [0.05, 0.1) is 11.4 Å². The topological polar surface area (TPSA) is 88.1 Å². The third-order valence-electron chi connectivity index (χ3n) is 4.56. The van der Waals surface area contributed by atoms with Gasteiger partial charge in [0.1, 0.15) is 17.1 Å². The van der Waals surface area contributed by atoms with Gasteiger partial charge in [-0.15, -0.1) is 0 Å². The Morgan fingerprint density at radius 1 is 1.12 bits per heavy atom. The summed E-state index contributed by atoms with van der Waals surface area (Å²) < 4.78 is 34.5. The van der Waals surface area contributed by atoms with E-state index in [-0.39, 0.29) is 27.7 Å². The van der Waals surface area contributed by atoms with E-state index in [0.717, 1.165) is 28.6 Å². The van der Waals surface area contributed by atoms with E-state index in [1.165, 1.54) is 6.07 Å². The second kappa shape index (κ2) is 10.0. The second-order valence-corrected chi connectivity index (χ2v) is 9.73. The van der Waals surface area contributed by atoms with Crippen LogP contribution in [0.15, 0.2) is 69.4 Å². The van der Waals surface area contributed by atoms with Crippen LogP contribution in [0.4, 0.5) is 16.6 Å². The van der Waals surface area contributed by atoms with Gasteiger partial charge in [0.25, 0.3) is 10.0 Å². The third kappa shape index (κ3) is 5.32. The van der Waals surface area contributed by atoms with Crippen LogP contribution in [0.25, 0.3) is 11.3 Å². The van der Waals surface area contributed by atoms with Crippen molar-refractivity contribution >= 4 is 49.6 Å². The normalized spacial score (nSPS) is 11.1. The Bertz CT molecular complexity index is 1300. The van der Waals surface area contributed by atoms with Crippen molar-refractivity contribution in [2.24, 2.45) is 0 Å². The highest BCUT2D eigenvalue weighted by atomic mass is 79.9. The predicted molar refractivity (Wildman–Crippen MR) is 122 cm³/mol. The van der Waals surface area contributed by atoms with Crippen molar-refractivity contribution in [3.63, 3.8) is 0 Å². The molecule has 168 valence electrons. The number of hydrogen-bond acceptors (Lipinski definition) is 6. The zero-order chi connectivity index (χ0) is 22.0. The number of rotatable bonds is 7. The summed E-state index contributed by atoms with van der Waals surface area (Å²) in [5.74, 6) is 0.674. The first-order valence-electron chi connectivity index (χ1n) is 9.46. The maximum absolute atomic E-state index is 12.5. The van der Waals surface area contributed by atoms with Crippen LogP contribution < -0.4 is 31.6 Å². The molecular formula is C21H20BrClN4O3S2. The van der Waals surface area contributed by atoms with Gasteiger partial charge in [-0.05, 0) is 62.4 Å². The van der Waals surface area contributed by atoms with Crippen LogP contribution in [-0.2, 0) is 16.6 Å². The number of benzene rings is 2. The number of aromatic nitrogens is 2. The highest BCUT2D eigenvalue weighted by Crippen LogP contribution is 2.27. The monoisotopic (exact) mass is 554 g/mol. The summed E-state index contributed by atoms with van der Waals surface area (Å²) in [6, 6.07) is 15.8. The molecule has 7 nitrogen and oxygen atoms in total. The lowest BCUT2D eigenvalue weighted by Gasteiger charge is -2.06. The standard InChI is InChI=1S/C21H19ClN4O3S2.BrH/c1-3-26-19(15-4-6-16(22)7-5-15)13-30-21(26)23-17-8-10-18(11-9-17)31(27,28)25-20-12-14(2)29-24-20;/h4-13H,3H2,1-2H3,(H,24,25);1H. The molecule has 2 aromatic heterocycles. The zero-order valence-corrected chi connectivity index (χ0v) is 21.1. The Hall–Kier alpha value is -2.40. The van der Waals surface area contributed by atoms with Crippen LogP contribution in [0.1, 0.15) is 12.7 Å². The molecule has 0 saturated carbocycles. The van der Waals surface area contributed by atoms with Gasteiger partial charge in [-0.1, -0.05) is 28.1 Å². The molecular weight excluding hydrogens is 536 g/mol. The molecule has 0 aliphatic carbocycles. The molecule has 2 heterocycles. The number of sulfonamides is 1. The molecule has 0 aliphatic rings. The quantitative estimate of drug-likeness (QED) is 0.342. The number of nitrogens with one attached hydrogen (secondary N) is 2. The molecule has 32 heavy (non-hydrogen) atoms. The smallest absolute Gasteiger partial charge is 0.339 e. The first-order valence-corrected chi connectivity index (χ1v) is 12.2. The molecule has 0 saturated heterocycles. The lowest BCUT2D eigenvalue weighted by molar-refractivity contribution is -0.664. The van der Waals surface area contributed by atoms with Gasteiger partial charge in [-0.3, -0.25) is 4.72 Å². The van der Waals surface area contributed by atoms with Crippen LogP contribution in [0.3, 0.4) is 0 Å². The van der Waals surface area contributed by atoms with Gasteiger partial charge >= 0.3 is 5.13 Å². The van der Waals surface area contributed by atoms with E-state index in [9.17, 15) is 8.42 Å². The van der Waals surface area contributed by atoms with Gasteiger partial charge in [-0.2, -0.15) is 0 Å². The Balaban J connectivity index is 0.00000289. The van der Waals surface area contributed by atoms with E-state index in [2.05, 4.69) is 32.1 Å². The Morgan fingerprint density at radius 3 is 2.41 bits per heavy atom. The third-order valence-corrected chi connectivity index (χ3v) is 7.07. The molecule has 2 N–H and O–H groups in total. The molecule has 11 heteroatoms. The van der Waals surface area contributed by atoms with Gasteiger partial charge in [0.2, 0.25) is 0 Å². The molecule has 0 fully saturated rings. The number of nitrogens with zero attached hydrogens (tertiary/aromatic N) is 2. The first-order chi connectivity index (χ1) is 14.9. The van der Waals surface area contributed by atoms with E-state index >= 15 is 0 Å². The van der Waals surface area contributed by atoms with Crippen molar-refractivity contribution in [2.45, 2.75) is 25.3 Å². The average molecular weight is 556 g/mol.